The second kappa shape index (κ2) is 11.2. The van der Waals surface area contributed by atoms with E-state index in [4.69, 9.17) is 21.7 Å². The minimum absolute atomic E-state index is 0.193. The largest absolute Gasteiger partial charge is 0.494 e. The van der Waals surface area contributed by atoms with Gasteiger partial charge < -0.3 is 14.8 Å². The number of hydrogen-bond donors (Lipinski definition) is 1. The van der Waals surface area contributed by atoms with Crippen molar-refractivity contribution in [3.8, 4) is 11.5 Å². The van der Waals surface area contributed by atoms with Crippen LogP contribution in [-0.2, 0) is 9.59 Å². The molecule has 3 aromatic carbocycles. The van der Waals surface area contributed by atoms with Crippen LogP contribution in [0.25, 0.3) is 6.08 Å². The molecule has 4 rings (SSSR count). The van der Waals surface area contributed by atoms with Gasteiger partial charge in [0.1, 0.15) is 17.3 Å². The Morgan fingerprint density at radius 3 is 2.29 bits per heavy atom. The number of carbonyl (C=O) groups excluding carboxylic acids is 2. The van der Waals surface area contributed by atoms with E-state index in [0.717, 1.165) is 11.3 Å². The number of carbonyl (C=O) groups is 2. The number of anilines is 2. The third-order valence-corrected chi connectivity index (χ3v) is 6.18. The lowest BCUT2D eigenvalue weighted by Crippen LogP contribution is -2.27. The first-order valence-corrected chi connectivity index (χ1v) is 11.9. The van der Waals surface area contributed by atoms with E-state index in [-0.39, 0.29) is 24.2 Å². The van der Waals surface area contributed by atoms with Gasteiger partial charge in [0.2, 0.25) is 0 Å². The van der Waals surface area contributed by atoms with Crippen LogP contribution in [0.5, 0.6) is 11.5 Å². The van der Waals surface area contributed by atoms with Crippen molar-refractivity contribution in [1.29, 1.82) is 0 Å². The zero-order valence-electron chi connectivity index (χ0n) is 18.7. The molecule has 1 aliphatic rings. The van der Waals surface area contributed by atoms with E-state index >= 15 is 0 Å². The van der Waals surface area contributed by atoms with E-state index in [1.54, 1.807) is 54.6 Å². The average Bonchev–Trinajstić information content (AvgIpc) is 3.13. The number of nitrogens with one attached hydrogen (secondary N) is 1. The third kappa shape index (κ3) is 6.26. The summed E-state index contributed by atoms with van der Waals surface area (Å²) in [6, 6.07) is 19.7. The van der Waals surface area contributed by atoms with Gasteiger partial charge in [-0.3, -0.25) is 14.5 Å². The van der Waals surface area contributed by atoms with E-state index in [0.29, 0.717) is 33.0 Å². The van der Waals surface area contributed by atoms with Crippen molar-refractivity contribution in [3.63, 3.8) is 0 Å². The second-order valence-corrected chi connectivity index (χ2v) is 9.03. The highest BCUT2D eigenvalue weighted by atomic mass is 32.2. The molecule has 0 aromatic heterocycles. The van der Waals surface area contributed by atoms with Crippen LogP contribution in [0.3, 0.4) is 0 Å². The van der Waals surface area contributed by atoms with Gasteiger partial charge in [-0.15, -0.1) is 0 Å². The first-order valence-electron chi connectivity index (χ1n) is 10.7. The minimum atomic E-state index is -0.377. The highest BCUT2D eigenvalue weighted by Crippen LogP contribution is 2.36. The van der Waals surface area contributed by atoms with Gasteiger partial charge in [0.05, 0.1) is 17.2 Å². The Morgan fingerprint density at radius 2 is 1.63 bits per heavy atom. The quantitative estimate of drug-likeness (QED) is 0.313. The van der Waals surface area contributed by atoms with Gasteiger partial charge in [0.15, 0.2) is 10.9 Å². The maximum Gasteiger partial charge on any atom is 0.270 e. The fourth-order valence-electron chi connectivity index (χ4n) is 3.24. The summed E-state index contributed by atoms with van der Waals surface area (Å²) in [6.07, 6.45) is 1.76. The molecule has 3 aromatic rings. The summed E-state index contributed by atoms with van der Waals surface area (Å²) in [7, 11) is 0. The van der Waals surface area contributed by atoms with E-state index in [1.165, 1.54) is 40.9 Å². The Bertz CT molecular complexity index is 1260. The maximum absolute atomic E-state index is 13.0. The number of benzene rings is 3. The summed E-state index contributed by atoms with van der Waals surface area (Å²) in [4.78, 5) is 27.0. The average molecular weight is 509 g/mol. The number of rotatable bonds is 8. The summed E-state index contributed by atoms with van der Waals surface area (Å²) < 4.78 is 24.4. The van der Waals surface area contributed by atoms with Crippen molar-refractivity contribution < 1.29 is 23.5 Å². The van der Waals surface area contributed by atoms with E-state index < -0.39 is 0 Å². The smallest absolute Gasteiger partial charge is 0.270 e. The molecule has 0 bridgehead atoms. The molecule has 2 amide bonds. The molecule has 178 valence electrons. The van der Waals surface area contributed by atoms with Crippen LogP contribution in [-0.4, -0.2) is 29.3 Å². The van der Waals surface area contributed by atoms with Gasteiger partial charge in [-0.1, -0.05) is 36.1 Å². The van der Waals surface area contributed by atoms with Gasteiger partial charge in [-0.2, -0.15) is 0 Å². The van der Waals surface area contributed by atoms with Crippen LogP contribution in [0, 0.1) is 5.82 Å². The number of nitrogens with zero attached hydrogens (tertiary/aromatic N) is 1. The van der Waals surface area contributed by atoms with E-state index in [9.17, 15) is 14.0 Å². The molecule has 0 spiro atoms. The lowest BCUT2D eigenvalue weighted by atomic mass is 10.2. The zero-order valence-corrected chi connectivity index (χ0v) is 20.3. The third-order valence-electron chi connectivity index (χ3n) is 4.88. The normalized spacial score (nSPS) is 14.3. The van der Waals surface area contributed by atoms with Crippen LogP contribution in [0.4, 0.5) is 15.8 Å². The van der Waals surface area contributed by atoms with Gasteiger partial charge in [0, 0.05) is 5.69 Å². The van der Waals surface area contributed by atoms with Crippen LogP contribution in [0.15, 0.2) is 77.7 Å². The van der Waals surface area contributed by atoms with Crippen LogP contribution >= 0.6 is 24.0 Å². The van der Waals surface area contributed by atoms with Gasteiger partial charge in [-0.25, -0.2) is 4.39 Å². The summed E-state index contributed by atoms with van der Waals surface area (Å²) in [5, 5.41) is 2.63. The number of halogens is 1. The Morgan fingerprint density at radius 1 is 1.00 bits per heavy atom. The first-order chi connectivity index (χ1) is 16.9. The highest BCUT2D eigenvalue weighted by molar-refractivity contribution is 8.27. The highest BCUT2D eigenvalue weighted by Gasteiger charge is 2.33. The van der Waals surface area contributed by atoms with Crippen molar-refractivity contribution in [3.05, 3.63) is 89.1 Å². The van der Waals surface area contributed by atoms with Crippen molar-refractivity contribution in [1.82, 2.24) is 0 Å². The van der Waals surface area contributed by atoms with Crippen LogP contribution in [0.2, 0.25) is 0 Å². The zero-order chi connectivity index (χ0) is 24.8. The van der Waals surface area contributed by atoms with Crippen LogP contribution in [0.1, 0.15) is 12.5 Å². The summed E-state index contributed by atoms with van der Waals surface area (Å²) >= 11 is 6.67. The fraction of sp³-hybridized carbons (Fsp3) is 0.115. The molecule has 0 aliphatic carbocycles. The molecule has 6 nitrogen and oxygen atoms in total. The van der Waals surface area contributed by atoms with Crippen molar-refractivity contribution in [2.24, 2.45) is 0 Å². The number of thiocarbonyl (C=S) groups is 1. The SMILES string of the molecule is CCOc1ccc(N2C(=O)/C(=C/c3ccc(OCC(=O)Nc4ccc(F)cc4)cc3)SC2=S)cc1. The van der Waals surface area contributed by atoms with Crippen molar-refractivity contribution >= 4 is 57.6 Å². The van der Waals surface area contributed by atoms with E-state index in [1.807, 2.05) is 6.92 Å². The molecule has 1 saturated heterocycles. The Balaban J connectivity index is 1.35. The van der Waals surface area contributed by atoms with Crippen molar-refractivity contribution in [2.75, 3.05) is 23.4 Å². The number of thioether (sulfide) groups is 1. The molecule has 0 radical (unpaired) electrons. The Hall–Kier alpha value is -3.69. The van der Waals surface area contributed by atoms with Gasteiger partial charge in [-0.05, 0) is 79.2 Å². The molecule has 0 saturated carbocycles. The first kappa shape index (κ1) is 24.4. The second-order valence-electron chi connectivity index (χ2n) is 7.36. The molecule has 1 fully saturated rings. The number of ether oxygens (including phenoxy) is 2. The molecule has 0 unspecified atom stereocenters. The standard InChI is InChI=1S/C26H21FN2O4S2/c1-2-32-21-13-9-20(10-14-21)29-25(31)23(35-26(29)34)15-17-3-11-22(12-4-17)33-16-24(30)28-19-7-5-18(27)6-8-19/h3-15H,2,16H2,1H3,(H,28,30)/b23-15-. The summed E-state index contributed by atoms with van der Waals surface area (Å²) in [5.74, 6) is 0.295. The molecule has 1 aliphatic heterocycles. The summed E-state index contributed by atoms with van der Waals surface area (Å²) in [6.45, 7) is 2.28. The number of hydrogen-bond acceptors (Lipinski definition) is 6. The van der Waals surface area contributed by atoms with Gasteiger partial charge >= 0.3 is 0 Å². The van der Waals surface area contributed by atoms with E-state index in [2.05, 4.69) is 5.32 Å². The Kier molecular flexibility index (Phi) is 7.79. The maximum atomic E-state index is 13.0. The molecule has 9 heteroatoms. The van der Waals surface area contributed by atoms with Crippen molar-refractivity contribution in [2.45, 2.75) is 6.92 Å². The predicted octanol–water partition coefficient (Wildman–Crippen LogP) is 5.65. The topological polar surface area (TPSA) is 67.9 Å². The van der Waals surface area contributed by atoms with Crippen LogP contribution < -0.4 is 19.7 Å². The Labute approximate surface area is 211 Å². The monoisotopic (exact) mass is 508 g/mol. The molecular weight excluding hydrogens is 487 g/mol. The molecule has 1 N–H and O–H groups in total. The predicted molar refractivity (Wildman–Crippen MR) is 140 cm³/mol. The molecular formula is C26H21FN2O4S2. The minimum Gasteiger partial charge on any atom is -0.494 e. The summed E-state index contributed by atoms with van der Waals surface area (Å²) in [5.41, 5.74) is 1.96. The fourth-order valence-corrected chi connectivity index (χ4v) is 4.54. The molecule has 1 heterocycles. The molecule has 0 atom stereocenters. The lowest BCUT2D eigenvalue weighted by Gasteiger charge is -2.15. The lowest BCUT2D eigenvalue weighted by molar-refractivity contribution is -0.118. The van der Waals surface area contributed by atoms with Gasteiger partial charge in [0.25, 0.3) is 11.8 Å². The molecule has 35 heavy (non-hydrogen) atoms. The number of amides is 2.